The number of hydrogen-bond acceptors (Lipinski definition) is 7. The van der Waals surface area contributed by atoms with E-state index in [2.05, 4.69) is 15.1 Å². The summed E-state index contributed by atoms with van der Waals surface area (Å²) >= 11 is 1.53. The highest BCUT2D eigenvalue weighted by molar-refractivity contribution is 7.13. The Labute approximate surface area is 141 Å². The smallest absolute Gasteiger partial charge is 0.258 e. The van der Waals surface area contributed by atoms with Crippen LogP contribution >= 0.6 is 11.3 Å². The van der Waals surface area contributed by atoms with E-state index in [0.717, 1.165) is 10.4 Å². The zero-order chi connectivity index (χ0) is 16.5. The number of carbonyl (C=O) groups is 1. The molecule has 0 saturated carbocycles. The number of amides is 1. The van der Waals surface area contributed by atoms with Crippen LogP contribution in [0.25, 0.3) is 10.7 Å². The van der Waals surface area contributed by atoms with E-state index >= 15 is 0 Å². The van der Waals surface area contributed by atoms with Crippen LogP contribution in [0.2, 0.25) is 0 Å². The number of pyridine rings is 1. The number of ether oxygens (including phenoxy) is 1. The Hall–Kier alpha value is -2.58. The summed E-state index contributed by atoms with van der Waals surface area (Å²) in [6.07, 6.45) is 2.87. The molecule has 7 nitrogen and oxygen atoms in total. The van der Waals surface area contributed by atoms with Gasteiger partial charge in [-0.25, -0.2) is 0 Å². The van der Waals surface area contributed by atoms with Crippen molar-refractivity contribution < 1.29 is 14.1 Å². The van der Waals surface area contributed by atoms with E-state index in [1.54, 1.807) is 24.3 Å². The van der Waals surface area contributed by atoms with Gasteiger partial charge >= 0.3 is 0 Å². The minimum atomic E-state index is -0.530. The lowest BCUT2D eigenvalue weighted by molar-refractivity contribution is -0.157. The maximum atomic E-state index is 12.1. The monoisotopic (exact) mass is 342 g/mol. The van der Waals surface area contributed by atoms with E-state index in [1.807, 2.05) is 29.6 Å². The van der Waals surface area contributed by atoms with Crippen LogP contribution in [0.15, 0.2) is 46.6 Å². The number of likely N-dealkylation sites (N-methyl/N-ethyl adjacent to an activating group) is 1. The van der Waals surface area contributed by atoms with Crippen molar-refractivity contribution in [2.24, 2.45) is 0 Å². The molecule has 0 aromatic carbocycles. The van der Waals surface area contributed by atoms with E-state index in [0.29, 0.717) is 11.7 Å². The predicted molar refractivity (Wildman–Crippen MR) is 86.1 cm³/mol. The lowest BCUT2D eigenvalue weighted by Gasteiger charge is -2.37. The number of thiophene rings is 1. The van der Waals surface area contributed by atoms with E-state index in [9.17, 15) is 4.79 Å². The van der Waals surface area contributed by atoms with Gasteiger partial charge in [0.25, 0.3) is 5.89 Å². The van der Waals surface area contributed by atoms with Crippen LogP contribution in [-0.2, 0) is 9.53 Å². The summed E-state index contributed by atoms with van der Waals surface area (Å²) in [6.45, 7) is -0.0192. The average molecular weight is 342 g/mol. The number of carbonyl (C=O) groups excluding carboxylic acids is 1. The highest BCUT2D eigenvalue weighted by Gasteiger charge is 2.40. The number of aromatic nitrogens is 3. The molecule has 4 rings (SSSR count). The van der Waals surface area contributed by atoms with Crippen LogP contribution in [0, 0.1) is 0 Å². The third-order valence-corrected chi connectivity index (χ3v) is 4.80. The third-order valence-electron chi connectivity index (χ3n) is 3.94. The Bertz CT molecular complexity index is 834. The lowest BCUT2D eigenvalue weighted by Crippen LogP contribution is -2.43. The zero-order valence-electron chi connectivity index (χ0n) is 12.8. The molecule has 0 spiro atoms. The molecule has 0 aliphatic carbocycles. The fraction of sp³-hybridized carbons (Fsp3) is 0.250. The minimum absolute atomic E-state index is 0.0192. The fourth-order valence-electron chi connectivity index (χ4n) is 2.72. The average Bonchev–Trinajstić information content (AvgIpc) is 3.29. The van der Waals surface area contributed by atoms with Crippen LogP contribution in [-0.4, -0.2) is 39.6 Å². The summed E-state index contributed by atoms with van der Waals surface area (Å²) < 4.78 is 11.2. The van der Waals surface area contributed by atoms with E-state index in [4.69, 9.17) is 9.26 Å². The van der Waals surface area contributed by atoms with Crippen molar-refractivity contribution in [1.82, 2.24) is 20.0 Å². The maximum absolute atomic E-state index is 12.1. The Balaban J connectivity index is 1.71. The second-order valence-electron chi connectivity index (χ2n) is 5.40. The Morgan fingerprint density at radius 1 is 1.33 bits per heavy atom. The van der Waals surface area contributed by atoms with Crippen molar-refractivity contribution >= 4 is 17.2 Å². The molecule has 8 heteroatoms. The van der Waals surface area contributed by atoms with Crippen molar-refractivity contribution in [3.8, 4) is 10.7 Å². The summed E-state index contributed by atoms with van der Waals surface area (Å²) in [7, 11) is 1.74. The normalized spacial score (nSPS) is 21.2. The third kappa shape index (κ3) is 2.59. The molecule has 3 aromatic rings. The van der Waals surface area contributed by atoms with Crippen molar-refractivity contribution in [3.05, 3.63) is 53.5 Å². The van der Waals surface area contributed by atoms with Gasteiger partial charge in [0.05, 0.1) is 10.9 Å². The van der Waals surface area contributed by atoms with E-state index < -0.39 is 6.10 Å². The van der Waals surface area contributed by atoms with Gasteiger partial charge in [0.2, 0.25) is 11.7 Å². The molecule has 3 aromatic heterocycles. The first-order valence-electron chi connectivity index (χ1n) is 7.38. The first-order valence-corrected chi connectivity index (χ1v) is 8.26. The molecule has 0 unspecified atom stereocenters. The maximum Gasteiger partial charge on any atom is 0.258 e. The largest absolute Gasteiger partial charge is 0.356 e. The van der Waals surface area contributed by atoms with Gasteiger partial charge in [-0.05, 0) is 23.1 Å². The SMILES string of the molecule is CN1C(=O)CO[C@H](c2nc(-c3cccs3)no2)[C@H]1c1cccnc1. The highest BCUT2D eigenvalue weighted by Crippen LogP contribution is 2.38. The zero-order valence-corrected chi connectivity index (χ0v) is 13.6. The molecule has 122 valence electrons. The van der Waals surface area contributed by atoms with Gasteiger partial charge in [0.1, 0.15) is 6.61 Å². The first kappa shape index (κ1) is 15.0. The predicted octanol–water partition coefficient (Wildman–Crippen LogP) is 2.46. The Morgan fingerprint density at radius 2 is 2.25 bits per heavy atom. The summed E-state index contributed by atoms with van der Waals surface area (Å²) in [4.78, 5) is 23.2. The molecule has 1 aliphatic rings. The molecular weight excluding hydrogens is 328 g/mol. The summed E-state index contributed by atoms with van der Waals surface area (Å²) in [5.41, 5.74) is 0.855. The topological polar surface area (TPSA) is 81.4 Å². The van der Waals surface area contributed by atoms with Crippen LogP contribution in [0.4, 0.5) is 0 Å². The first-order chi connectivity index (χ1) is 11.7. The molecule has 1 amide bonds. The van der Waals surface area contributed by atoms with Crippen LogP contribution in [0.3, 0.4) is 0 Å². The summed E-state index contributed by atoms with van der Waals surface area (Å²) in [6, 6.07) is 7.22. The number of nitrogens with zero attached hydrogens (tertiary/aromatic N) is 4. The highest BCUT2D eigenvalue weighted by atomic mass is 32.1. The van der Waals surface area contributed by atoms with Gasteiger partial charge in [-0.3, -0.25) is 9.78 Å². The van der Waals surface area contributed by atoms with Gasteiger partial charge in [0.15, 0.2) is 6.10 Å². The van der Waals surface area contributed by atoms with Crippen molar-refractivity contribution in [3.63, 3.8) is 0 Å². The molecule has 0 bridgehead atoms. The van der Waals surface area contributed by atoms with Crippen LogP contribution in [0.5, 0.6) is 0 Å². The molecule has 1 aliphatic heterocycles. The Morgan fingerprint density at radius 3 is 3.00 bits per heavy atom. The van der Waals surface area contributed by atoms with Gasteiger partial charge in [0, 0.05) is 19.4 Å². The second kappa shape index (κ2) is 6.14. The summed E-state index contributed by atoms with van der Waals surface area (Å²) in [5.74, 6) is 0.776. The minimum Gasteiger partial charge on any atom is -0.356 e. The lowest BCUT2D eigenvalue weighted by atomic mass is 10.00. The standard InChI is InChI=1S/C16H14N4O3S/c1-20-12(21)9-22-14(13(20)10-4-2-6-17-8-10)16-18-15(19-23-16)11-5-3-7-24-11/h2-8,13-14H,9H2,1H3/t13-,14+/m1/s1. The summed E-state index contributed by atoms with van der Waals surface area (Å²) in [5, 5.41) is 5.98. The molecular formula is C16H14N4O3S. The van der Waals surface area contributed by atoms with Gasteiger partial charge in [-0.15, -0.1) is 11.3 Å². The molecule has 2 atom stereocenters. The number of rotatable bonds is 3. The Kier molecular flexibility index (Phi) is 3.83. The van der Waals surface area contributed by atoms with Crippen molar-refractivity contribution in [1.29, 1.82) is 0 Å². The van der Waals surface area contributed by atoms with Crippen molar-refractivity contribution in [2.45, 2.75) is 12.1 Å². The number of morpholine rings is 1. The number of hydrogen-bond donors (Lipinski definition) is 0. The quantitative estimate of drug-likeness (QED) is 0.727. The van der Waals surface area contributed by atoms with Gasteiger partial charge < -0.3 is 14.2 Å². The van der Waals surface area contributed by atoms with Gasteiger partial charge in [-0.2, -0.15) is 4.98 Å². The van der Waals surface area contributed by atoms with Crippen LogP contribution < -0.4 is 0 Å². The van der Waals surface area contributed by atoms with E-state index in [-0.39, 0.29) is 18.6 Å². The fourth-order valence-corrected chi connectivity index (χ4v) is 3.37. The second-order valence-corrected chi connectivity index (χ2v) is 6.35. The molecule has 0 N–H and O–H groups in total. The molecule has 1 saturated heterocycles. The molecule has 1 fully saturated rings. The van der Waals surface area contributed by atoms with Crippen LogP contribution in [0.1, 0.15) is 23.6 Å². The molecule has 4 heterocycles. The van der Waals surface area contributed by atoms with Crippen molar-refractivity contribution in [2.75, 3.05) is 13.7 Å². The molecule has 24 heavy (non-hydrogen) atoms. The van der Waals surface area contributed by atoms with E-state index in [1.165, 1.54) is 11.3 Å². The molecule has 0 radical (unpaired) electrons. The van der Waals surface area contributed by atoms with Gasteiger partial charge in [-0.1, -0.05) is 17.3 Å².